The van der Waals surface area contributed by atoms with Crippen molar-refractivity contribution in [1.82, 2.24) is 9.55 Å². The van der Waals surface area contributed by atoms with Gasteiger partial charge in [-0.1, -0.05) is 42.5 Å². The van der Waals surface area contributed by atoms with Crippen LogP contribution < -0.4 is 5.73 Å². The summed E-state index contributed by atoms with van der Waals surface area (Å²) in [6, 6.07) is 16.5. The Morgan fingerprint density at radius 2 is 1.73 bits per heavy atom. The minimum absolute atomic E-state index is 0.194. The standard InChI is InChI=1S/C28H31N3OS/c1-18-12-22(15-29)13-19(2)25(18)10-11-27(32)26-14-20(3)31(21(26)4)16-24-17-33-28(30-24)23-8-6-5-7-9-23/h5-9,12-14,17H,10-11,15-16,29H2,1-4H3. The van der Waals surface area contributed by atoms with E-state index in [0.29, 0.717) is 19.5 Å². The predicted octanol–water partition coefficient (Wildman–Crippen LogP) is 6.17. The van der Waals surface area contributed by atoms with Crippen molar-refractivity contribution in [2.24, 2.45) is 5.73 Å². The number of nitrogens with two attached hydrogens (primary N) is 1. The topological polar surface area (TPSA) is 60.9 Å². The van der Waals surface area contributed by atoms with Gasteiger partial charge >= 0.3 is 0 Å². The van der Waals surface area contributed by atoms with Gasteiger partial charge in [-0.15, -0.1) is 11.3 Å². The fraction of sp³-hybridized carbons (Fsp3) is 0.286. The lowest BCUT2D eigenvalue weighted by molar-refractivity contribution is 0.0982. The lowest BCUT2D eigenvalue weighted by atomic mass is 9.94. The lowest BCUT2D eigenvalue weighted by Gasteiger charge is -2.12. The molecule has 0 fully saturated rings. The van der Waals surface area contributed by atoms with E-state index >= 15 is 0 Å². The van der Waals surface area contributed by atoms with E-state index in [1.54, 1.807) is 11.3 Å². The number of hydrogen-bond donors (Lipinski definition) is 1. The number of aryl methyl sites for hydroxylation is 3. The summed E-state index contributed by atoms with van der Waals surface area (Å²) in [6.07, 6.45) is 1.25. The van der Waals surface area contributed by atoms with Crippen molar-refractivity contribution in [2.75, 3.05) is 0 Å². The van der Waals surface area contributed by atoms with Gasteiger partial charge in [-0.3, -0.25) is 4.79 Å². The van der Waals surface area contributed by atoms with Crippen LogP contribution in [0, 0.1) is 27.7 Å². The van der Waals surface area contributed by atoms with E-state index in [-0.39, 0.29) is 5.78 Å². The van der Waals surface area contributed by atoms with Gasteiger partial charge in [0.1, 0.15) is 5.01 Å². The van der Waals surface area contributed by atoms with Crippen LogP contribution in [0.5, 0.6) is 0 Å². The van der Waals surface area contributed by atoms with Crippen LogP contribution in [0.1, 0.15) is 56.1 Å². The highest BCUT2D eigenvalue weighted by molar-refractivity contribution is 7.13. The molecule has 33 heavy (non-hydrogen) atoms. The van der Waals surface area contributed by atoms with Crippen LogP contribution in [0.4, 0.5) is 0 Å². The van der Waals surface area contributed by atoms with Crippen molar-refractivity contribution in [2.45, 2.75) is 53.6 Å². The Balaban J connectivity index is 1.49. The van der Waals surface area contributed by atoms with Crippen molar-refractivity contribution in [1.29, 1.82) is 0 Å². The Hall–Kier alpha value is -3.02. The number of carbonyl (C=O) groups is 1. The monoisotopic (exact) mass is 457 g/mol. The molecule has 0 aliphatic carbocycles. The molecule has 2 aromatic heterocycles. The molecule has 0 atom stereocenters. The summed E-state index contributed by atoms with van der Waals surface area (Å²) < 4.78 is 2.20. The molecule has 4 rings (SSSR count). The second kappa shape index (κ2) is 9.86. The molecular weight excluding hydrogens is 426 g/mol. The Morgan fingerprint density at radius 1 is 1.03 bits per heavy atom. The molecule has 0 spiro atoms. The van der Waals surface area contributed by atoms with Crippen LogP contribution in [0.15, 0.2) is 53.9 Å². The first kappa shape index (κ1) is 23.1. The minimum Gasteiger partial charge on any atom is -0.342 e. The third kappa shape index (κ3) is 5.00. The molecule has 0 aliphatic rings. The summed E-state index contributed by atoms with van der Waals surface area (Å²) in [4.78, 5) is 18.0. The Labute approximate surface area is 200 Å². The smallest absolute Gasteiger partial charge is 0.165 e. The number of nitrogens with zero attached hydrogens (tertiary/aromatic N) is 2. The van der Waals surface area contributed by atoms with Gasteiger partial charge in [-0.25, -0.2) is 4.98 Å². The number of rotatable bonds is 8. The quantitative estimate of drug-likeness (QED) is 0.322. The van der Waals surface area contributed by atoms with Crippen LogP contribution in [0.25, 0.3) is 10.6 Å². The zero-order valence-electron chi connectivity index (χ0n) is 19.8. The molecule has 0 bridgehead atoms. The fourth-order valence-electron chi connectivity index (χ4n) is 4.55. The maximum Gasteiger partial charge on any atom is 0.165 e. The zero-order valence-corrected chi connectivity index (χ0v) is 20.6. The summed E-state index contributed by atoms with van der Waals surface area (Å²) in [5.41, 5.74) is 15.7. The first-order chi connectivity index (χ1) is 15.9. The minimum atomic E-state index is 0.194. The summed E-state index contributed by atoms with van der Waals surface area (Å²) in [5.74, 6) is 0.194. The van der Waals surface area contributed by atoms with Crippen molar-refractivity contribution < 1.29 is 4.79 Å². The molecular formula is C28H31N3OS. The number of thiazole rings is 1. The molecule has 0 unspecified atom stereocenters. The van der Waals surface area contributed by atoms with E-state index in [1.807, 2.05) is 31.2 Å². The third-order valence-corrected chi connectivity index (χ3v) is 7.30. The molecule has 0 saturated carbocycles. The predicted molar refractivity (Wildman–Crippen MR) is 137 cm³/mol. The average molecular weight is 458 g/mol. The Morgan fingerprint density at radius 3 is 2.39 bits per heavy atom. The fourth-order valence-corrected chi connectivity index (χ4v) is 5.37. The molecule has 0 radical (unpaired) electrons. The maximum absolute atomic E-state index is 13.1. The molecule has 4 aromatic rings. The van der Waals surface area contributed by atoms with Crippen molar-refractivity contribution >= 4 is 17.1 Å². The van der Waals surface area contributed by atoms with Crippen LogP contribution in [0.2, 0.25) is 0 Å². The zero-order chi connectivity index (χ0) is 23.5. The molecule has 170 valence electrons. The van der Waals surface area contributed by atoms with E-state index in [4.69, 9.17) is 10.7 Å². The number of hydrogen-bond acceptors (Lipinski definition) is 4. The summed E-state index contributed by atoms with van der Waals surface area (Å²) in [7, 11) is 0. The maximum atomic E-state index is 13.1. The highest BCUT2D eigenvalue weighted by Gasteiger charge is 2.17. The van der Waals surface area contributed by atoms with Gasteiger partial charge < -0.3 is 10.3 Å². The van der Waals surface area contributed by atoms with Crippen LogP contribution in [-0.4, -0.2) is 15.3 Å². The highest BCUT2D eigenvalue weighted by Crippen LogP contribution is 2.26. The van der Waals surface area contributed by atoms with E-state index in [0.717, 1.165) is 45.2 Å². The molecule has 0 amide bonds. The van der Waals surface area contributed by atoms with E-state index in [1.165, 1.54) is 16.7 Å². The van der Waals surface area contributed by atoms with Gasteiger partial charge in [0.2, 0.25) is 0 Å². The number of carbonyl (C=O) groups excluding carboxylic acids is 1. The largest absolute Gasteiger partial charge is 0.342 e. The van der Waals surface area contributed by atoms with Gasteiger partial charge in [-0.05, 0) is 62.4 Å². The van der Waals surface area contributed by atoms with Crippen molar-refractivity contribution in [3.8, 4) is 10.6 Å². The molecule has 4 nitrogen and oxygen atoms in total. The number of benzene rings is 2. The van der Waals surface area contributed by atoms with E-state index in [2.05, 4.69) is 55.0 Å². The van der Waals surface area contributed by atoms with Crippen LogP contribution >= 0.6 is 11.3 Å². The normalized spacial score (nSPS) is 11.2. The first-order valence-corrected chi connectivity index (χ1v) is 12.2. The third-order valence-electron chi connectivity index (χ3n) is 6.36. The molecule has 5 heteroatoms. The van der Waals surface area contributed by atoms with Gasteiger partial charge in [0.05, 0.1) is 12.2 Å². The highest BCUT2D eigenvalue weighted by atomic mass is 32.1. The lowest BCUT2D eigenvalue weighted by Crippen LogP contribution is -2.08. The second-order valence-corrected chi connectivity index (χ2v) is 9.57. The number of ketones is 1. The molecule has 0 aliphatic heterocycles. The second-order valence-electron chi connectivity index (χ2n) is 8.72. The first-order valence-electron chi connectivity index (χ1n) is 11.4. The molecule has 2 heterocycles. The van der Waals surface area contributed by atoms with E-state index in [9.17, 15) is 4.79 Å². The summed E-state index contributed by atoms with van der Waals surface area (Å²) >= 11 is 1.66. The number of aromatic nitrogens is 2. The van der Waals surface area contributed by atoms with Crippen molar-refractivity contribution in [3.63, 3.8) is 0 Å². The number of Topliss-reactive ketones (excluding diaryl/α,β-unsaturated/α-hetero) is 1. The van der Waals surface area contributed by atoms with Crippen molar-refractivity contribution in [3.05, 3.63) is 98.8 Å². The van der Waals surface area contributed by atoms with E-state index < -0.39 is 0 Å². The van der Waals surface area contributed by atoms with Gasteiger partial charge in [0, 0.05) is 40.9 Å². The molecule has 2 aromatic carbocycles. The van der Waals surface area contributed by atoms with Crippen LogP contribution in [0.3, 0.4) is 0 Å². The average Bonchev–Trinajstić information content (AvgIpc) is 3.39. The molecule has 2 N–H and O–H groups in total. The Bertz CT molecular complexity index is 1260. The van der Waals surface area contributed by atoms with Gasteiger partial charge in [0.25, 0.3) is 0 Å². The summed E-state index contributed by atoms with van der Waals surface area (Å²) in [5, 5.41) is 3.13. The van der Waals surface area contributed by atoms with Gasteiger partial charge in [0.15, 0.2) is 5.78 Å². The van der Waals surface area contributed by atoms with Crippen LogP contribution in [-0.2, 0) is 19.5 Å². The van der Waals surface area contributed by atoms with Gasteiger partial charge in [-0.2, -0.15) is 0 Å². The summed E-state index contributed by atoms with van der Waals surface area (Å²) in [6.45, 7) is 9.53. The SMILES string of the molecule is Cc1cc(CN)cc(C)c1CCC(=O)c1cc(C)n(Cc2csc(-c3ccccc3)n2)c1C. The molecule has 0 saturated heterocycles. The Kier molecular flexibility index (Phi) is 6.91.